The van der Waals surface area contributed by atoms with E-state index in [2.05, 4.69) is 10.1 Å². The van der Waals surface area contributed by atoms with Crippen LogP contribution >= 0.6 is 0 Å². The molecule has 100 valence electrons. The maximum absolute atomic E-state index is 12.8. The fourth-order valence-electron chi connectivity index (χ4n) is 1.36. The molecule has 0 amide bonds. The van der Waals surface area contributed by atoms with Crippen molar-refractivity contribution in [2.45, 2.75) is 27.3 Å². The van der Waals surface area contributed by atoms with Gasteiger partial charge >= 0.3 is 5.82 Å². The van der Waals surface area contributed by atoms with Gasteiger partial charge in [-0.3, -0.25) is 4.39 Å². The molecule has 1 N–H and O–H groups in total. The first-order chi connectivity index (χ1) is 8.31. The van der Waals surface area contributed by atoms with Gasteiger partial charge in [-0.25, -0.2) is 0 Å². The summed E-state index contributed by atoms with van der Waals surface area (Å²) >= 11 is 0. The lowest BCUT2D eigenvalue weighted by Gasteiger charge is -2.21. The molecule has 0 saturated heterocycles. The second kappa shape index (κ2) is 5.11. The number of oxime groups is 1. The van der Waals surface area contributed by atoms with E-state index in [1.807, 2.05) is 0 Å². The zero-order valence-electron chi connectivity index (χ0n) is 10.4. The fourth-order valence-corrected chi connectivity index (χ4v) is 1.36. The highest BCUT2D eigenvalue weighted by atomic mass is 19.1. The van der Waals surface area contributed by atoms with Crippen LogP contribution in [-0.2, 0) is 6.54 Å². The normalized spacial score (nSPS) is 12.8. The number of alkyl halides is 1. The van der Waals surface area contributed by atoms with Crippen molar-refractivity contribution in [2.24, 2.45) is 10.6 Å². The summed E-state index contributed by atoms with van der Waals surface area (Å²) < 4.78 is 14.3. The van der Waals surface area contributed by atoms with Crippen LogP contribution in [0.3, 0.4) is 0 Å². The highest BCUT2D eigenvalue weighted by Crippen LogP contribution is 2.21. The van der Waals surface area contributed by atoms with Crippen LogP contribution < -0.4 is 0 Å². The summed E-state index contributed by atoms with van der Waals surface area (Å²) in [5.74, 6) is 0.111. The van der Waals surface area contributed by atoms with Gasteiger partial charge in [0.15, 0.2) is 0 Å². The number of hydrogen-bond acceptors (Lipinski definition) is 5. The molecular formula is C10H15FN4O3. The molecule has 0 radical (unpaired) electrons. The summed E-state index contributed by atoms with van der Waals surface area (Å²) in [4.78, 5) is 13.7. The summed E-state index contributed by atoms with van der Waals surface area (Å²) in [5, 5.41) is 22.6. The van der Waals surface area contributed by atoms with Gasteiger partial charge < -0.3 is 19.9 Å². The van der Waals surface area contributed by atoms with Crippen LogP contribution in [-0.4, -0.2) is 32.1 Å². The van der Waals surface area contributed by atoms with E-state index in [1.54, 1.807) is 20.8 Å². The van der Waals surface area contributed by atoms with Gasteiger partial charge in [0.25, 0.3) is 0 Å². The third-order valence-electron chi connectivity index (χ3n) is 2.71. The Balaban J connectivity index is 3.00. The summed E-state index contributed by atoms with van der Waals surface area (Å²) in [6.45, 7) is 4.12. The average molecular weight is 258 g/mol. The van der Waals surface area contributed by atoms with Crippen molar-refractivity contribution in [2.75, 3.05) is 6.67 Å². The minimum atomic E-state index is -0.930. The quantitative estimate of drug-likeness (QED) is 0.378. The minimum absolute atomic E-state index is 0.0556. The smallest absolute Gasteiger partial charge is 0.381 e. The van der Waals surface area contributed by atoms with Gasteiger partial charge in [-0.2, -0.15) is 0 Å². The number of aryl methyl sites for hydroxylation is 1. The van der Waals surface area contributed by atoms with Gasteiger partial charge in [-0.05, 0) is 9.91 Å². The Morgan fingerprint density at radius 1 is 1.72 bits per heavy atom. The zero-order valence-corrected chi connectivity index (χ0v) is 10.4. The second-order valence-corrected chi connectivity index (χ2v) is 4.60. The molecule has 0 fully saturated rings. The number of nitrogens with zero attached hydrogens (tertiary/aromatic N) is 4. The van der Waals surface area contributed by atoms with E-state index in [0.717, 1.165) is 0 Å². The van der Waals surface area contributed by atoms with Crippen molar-refractivity contribution in [3.05, 3.63) is 22.1 Å². The number of aromatic nitrogens is 2. The van der Waals surface area contributed by atoms with Crippen LogP contribution in [0.15, 0.2) is 11.4 Å². The molecule has 7 nitrogen and oxygen atoms in total. The Morgan fingerprint density at radius 3 is 2.72 bits per heavy atom. The number of rotatable bonds is 5. The molecule has 0 atom stereocenters. The molecule has 8 heteroatoms. The van der Waals surface area contributed by atoms with Crippen molar-refractivity contribution < 1.29 is 14.5 Å². The number of halogens is 1. The van der Waals surface area contributed by atoms with Crippen molar-refractivity contribution in [1.29, 1.82) is 0 Å². The van der Waals surface area contributed by atoms with Gasteiger partial charge in [0.2, 0.25) is 5.82 Å². The monoisotopic (exact) mass is 258 g/mol. The average Bonchev–Trinajstić information content (AvgIpc) is 2.67. The lowest BCUT2D eigenvalue weighted by molar-refractivity contribution is -0.389. The van der Waals surface area contributed by atoms with Crippen molar-refractivity contribution >= 4 is 11.5 Å². The maximum Gasteiger partial charge on any atom is 0.381 e. The van der Waals surface area contributed by atoms with Gasteiger partial charge in [0.05, 0.1) is 18.9 Å². The molecule has 1 rings (SSSR count). The lowest BCUT2D eigenvalue weighted by atomic mass is 9.89. The molecule has 0 bridgehead atoms. The Labute approximate surface area is 103 Å². The predicted octanol–water partition coefficient (Wildman–Crippen LogP) is 1.93. The molecule has 0 aliphatic rings. The molecular weight excluding hydrogens is 243 g/mol. The van der Waals surface area contributed by atoms with Gasteiger partial charge in [0, 0.05) is 12.3 Å². The van der Waals surface area contributed by atoms with Crippen molar-refractivity contribution in [3.8, 4) is 0 Å². The standard InChI is InChI=1S/C10H15FN4O3/c1-7-12-9(15(17)18)5-14(7)4-8(13-16)10(2,3)6-11/h5,16H,4,6H2,1-3H3/b13-8+. The second-order valence-electron chi connectivity index (χ2n) is 4.60. The molecule has 0 spiro atoms. The number of imidazole rings is 1. The molecule has 0 aromatic carbocycles. The SMILES string of the molecule is Cc1nc([N+](=O)[O-])cn1C/C(=N\O)C(C)(C)CF. The van der Waals surface area contributed by atoms with Gasteiger partial charge in [0.1, 0.15) is 6.20 Å². The van der Waals surface area contributed by atoms with Crippen LogP contribution in [0.4, 0.5) is 10.2 Å². The Hall–Kier alpha value is -1.99. The fraction of sp³-hybridized carbons (Fsp3) is 0.600. The summed E-state index contributed by atoms with van der Waals surface area (Å²) in [6, 6.07) is 0. The van der Waals surface area contributed by atoms with Crippen LogP contribution in [0.25, 0.3) is 0 Å². The Kier molecular flexibility index (Phi) is 4.00. The molecule has 0 saturated carbocycles. The van der Waals surface area contributed by atoms with E-state index in [4.69, 9.17) is 5.21 Å². The predicted molar refractivity (Wildman–Crippen MR) is 62.6 cm³/mol. The van der Waals surface area contributed by atoms with E-state index < -0.39 is 17.0 Å². The molecule has 0 aliphatic heterocycles. The van der Waals surface area contributed by atoms with Crippen molar-refractivity contribution in [1.82, 2.24) is 9.55 Å². The lowest BCUT2D eigenvalue weighted by Crippen LogP contribution is -2.30. The largest absolute Gasteiger partial charge is 0.411 e. The Bertz CT molecular complexity index is 481. The highest BCUT2D eigenvalue weighted by molar-refractivity contribution is 5.89. The van der Waals surface area contributed by atoms with Gasteiger partial charge in [-0.1, -0.05) is 19.0 Å². The summed E-state index contributed by atoms with van der Waals surface area (Å²) in [6.07, 6.45) is 1.23. The van der Waals surface area contributed by atoms with Crippen LogP contribution in [0.5, 0.6) is 0 Å². The molecule has 0 aliphatic carbocycles. The maximum atomic E-state index is 12.8. The number of nitro groups is 1. The first kappa shape index (κ1) is 14.1. The van der Waals surface area contributed by atoms with E-state index in [0.29, 0.717) is 5.82 Å². The third-order valence-corrected chi connectivity index (χ3v) is 2.71. The van der Waals surface area contributed by atoms with Crippen LogP contribution in [0.1, 0.15) is 19.7 Å². The zero-order chi connectivity index (χ0) is 13.9. The topological polar surface area (TPSA) is 93.5 Å². The number of hydrogen-bond donors (Lipinski definition) is 1. The van der Waals surface area contributed by atoms with E-state index in [9.17, 15) is 14.5 Å². The van der Waals surface area contributed by atoms with Crippen molar-refractivity contribution in [3.63, 3.8) is 0 Å². The molecule has 0 unspecified atom stereocenters. The minimum Gasteiger partial charge on any atom is -0.411 e. The molecule has 18 heavy (non-hydrogen) atoms. The molecule has 1 heterocycles. The third kappa shape index (κ3) is 2.82. The van der Waals surface area contributed by atoms with Crippen LogP contribution in [0, 0.1) is 22.5 Å². The van der Waals surface area contributed by atoms with E-state index in [1.165, 1.54) is 10.8 Å². The van der Waals surface area contributed by atoms with Gasteiger partial charge in [-0.15, -0.1) is 0 Å². The highest BCUT2D eigenvalue weighted by Gasteiger charge is 2.27. The Morgan fingerprint density at radius 2 is 2.33 bits per heavy atom. The first-order valence-corrected chi connectivity index (χ1v) is 5.27. The van der Waals surface area contributed by atoms with E-state index >= 15 is 0 Å². The molecule has 1 aromatic rings. The van der Waals surface area contributed by atoms with Crippen LogP contribution in [0.2, 0.25) is 0 Å². The summed E-state index contributed by atoms with van der Waals surface area (Å²) in [5.41, 5.74) is -0.736. The molecule has 1 aromatic heterocycles. The van der Waals surface area contributed by atoms with E-state index in [-0.39, 0.29) is 18.1 Å². The summed E-state index contributed by atoms with van der Waals surface area (Å²) in [7, 11) is 0. The first-order valence-electron chi connectivity index (χ1n) is 5.27.